The molecule has 1 rings (SSSR count). The molecule has 1 aromatic rings. The van der Waals surface area contributed by atoms with Gasteiger partial charge < -0.3 is 5.32 Å². The van der Waals surface area contributed by atoms with Crippen molar-refractivity contribution >= 4 is 50.5 Å². The fourth-order valence-corrected chi connectivity index (χ4v) is 2.08. The number of nitrogens with one attached hydrogen (secondary N) is 2. The number of hydrogen-bond acceptors (Lipinski definition) is 3. The van der Waals surface area contributed by atoms with E-state index in [2.05, 4.69) is 10.0 Å². The molecule has 0 saturated heterocycles. The zero-order valence-corrected chi connectivity index (χ0v) is 12.7. The van der Waals surface area contributed by atoms with Gasteiger partial charge in [0.15, 0.2) is 0 Å². The topological polar surface area (TPSA) is 75.3 Å². The van der Waals surface area contributed by atoms with Crippen LogP contribution >= 0.6 is 23.2 Å². The Morgan fingerprint density at radius 1 is 1.42 bits per heavy atom. The molecule has 5 nitrogen and oxygen atoms in total. The van der Waals surface area contributed by atoms with Gasteiger partial charge in [-0.15, -0.1) is 11.6 Å². The van der Waals surface area contributed by atoms with Gasteiger partial charge in [0.2, 0.25) is 15.9 Å². The van der Waals surface area contributed by atoms with Crippen molar-refractivity contribution in [2.24, 2.45) is 5.92 Å². The number of anilines is 2. The molecule has 19 heavy (non-hydrogen) atoms. The largest absolute Gasteiger partial charge is 0.324 e. The molecule has 1 aromatic carbocycles. The first-order chi connectivity index (χ1) is 8.73. The van der Waals surface area contributed by atoms with Gasteiger partial charge >= 0.3 is 0 Å². The highest BCUT2D eigenvalue weighted by Crippen LogP contribution is 2.26. The van der Waals surface area contributed by atoms with Crippen LogP contribution in [0.15, 0.2) is 18.2 Å². The Bertz CT molecular complexity index is 575. The minimum atomic E-state index is -3.38. The van der Waals surface area contributed by atoms with Gasteiger partial charge in [0.1, 0.15) is 0 Å². The summed E-state index contributed by atoms with van der Waals surface area (Å²) in [7, 11) is -3.38. The first-order valence-corrected chi connectivity index (χ1v) is 8.17. The zero-order chi connectivity index (χ0) is 14.6. The standard InChI is InChI=1S/C11H14Cl2N2O3S/c1-7(6-12)11(16)14-10-5-8(3-4-9(10)13)15-19(2,17)18/h3-5,7,15H,6H2,1-2H3,(H,14,16). The predicted molar refractivity (Wildman–Crippen MR) is 78.4 cm³/mol. The first kappa shape index (κ1) is 16.1. The number of hydrogen-bond donors (Lipinski definition) is 2. The van der Waals surface area contributed by atoms with Gasteiger partial charge in [-0.3, -0.25) is 9.52 Å². The van der Waals surface area contributed by atoms with E-state index in [0.717, 1.165) is 6.26 Å². The average Bonchev–Trinajstić information content (AvgIpc) is 2.30. The van der Waals surface area contributed by atoms with Crippen molar-refractivity contribution in [3.8, 4) is 0 Å². The molecule has 8 heteroatoms. The van der Waals surface area contributed by atoms with Crippen molar-refractivity contribution in [1.82, 2.24) is 0 Å². The Kier molecular flexibility index (Phi) is 5.46. The number of benzene rings is 1. The van der Waals surface area contributed by atoms with Crippen molar-refractivity contribution < 1.29 is 13.2 Å². The number of carbonyl (C=O) groups excluding carboxylic acids is 1. The number of halogens is 2. The SMILES string of the molecule is CC(CCl)C(=O)Nc1cc(NS(C)(=O)=O)ccc1Cl. The van der Waals surface area contributed by atoms with E-state index >= 15 is 0 Å². The second kappa shape index (κ2) is 6.45. The molecule has 0 aliphatic rings. The molecule has 0 radical (unpaired) electrons. The van der Waals surface area contributed by atoms with E-state index in [0.29, 0.717) is 16.4 Å². The lowest BCUT2D eigenvalue weighted by Crippen LogP contribution is -2.21. The van der Waals surface area contributed by atoms with Crippen molar-refractivity contribution in [1.29, 1.82) is 0 Å². The first-order valence-electron chi connectivity index (χ1n) is 5.37. The lowest BCUT2D eigenvalue weighted by molar-refractivity contribution is -0.118. The zero-order valence-electron chi connectivity index (χ0n) is 10.4. The van der Waals surface area contributed by atoms with E-state index in [4.69, 9.17) is 23.2 Å². The van der Waals surface area contributed by atoms with Crippen molar-refractivity contribution in [2.45, 2.75) is 6.92 Å². The van der Waals surface area contributed by atoms with E-state index in [1.807, 2.05) is 0 Å². The molecule has 1 unspecified atom stereocenters. The van der Waals surface area contributed by atoms with Gasteiger partial charge in [0.25, 0.3) is 0 Å². The van der Waals surface area contributed by atoms with E-state index in [9.17, 15) is 13.2 Å². The predicted octanol–water partition coefficient (Wildman–Crippen LogP) is 2.52. The molecule has 0 bridgehead atoms. The number of sulfonamides is 1. The van der Waals surface area contributed by atoms with Gasteiger partial charge in [0, 0.05) is 11.8 Å². The highest BCUT2D eigenvalue weighted by Gasteiger charge is 2.14. The highest BCUT2D eigenvalue weighted by molar-refractivity contribution is 7.92. The van der Waals surface area contributed by atoms with Crippen LogP contribution in [0.4, 0.5) is 11.4 Å². The Balaban J connectivity index is 2.95. The third kappa shape index (κ3) is 5.26. The molecule has 106 valence electrons. The molecule has 2 N–H and O–H groups in total. The molecule has 0 aliphatic heterocycles. The van der Waals surface area contributed by atoms with Gasteiger partial charge in [-0.25, -0.2) is 8.42 Å². The van der Waals surface area contributed by atoms with E-state index in [1.165, 1.54) is 18.2 Å². The minimum absolute atomic E-state index is 0.185. The summed E-state index contributed by atoms with van der Waals surface area (Å²) in [6.07, 6.45) is 1.04. The monoisotopic (exact) mass is 324 g/mol. The molecule has 1 amide bonds. The Hall–Kier alpha value is -0.980. The van der Waals surface area contributed by atoms with Crippen molar-refractivity contribution in [3.05, 3.63) is 23.2 Å². The fourth-order valence-electron chi connectivity index (χ4n) is 1.22. The summed E-state index contributed by atoms with van der Waals surface area (Å²) in [6.45, 7) is 1.68. The summed E-state index contributed by atoms with van der Waals surface area (Å²) >= 11 is 11.5. The van der Waals surface area contributed by atoms with Crippen LogP contribution in [0.2, 0.25) is 5.02 Å². The van der Waals surface area contributed by atoms with Gasteiger partial charge in [0.05, 0.1) is 22.7 Å². The summed E-state index contributed by atoms with van der Waals surface area (Å²) in [5.74, 6) is -0.470. The molecular formula is C11H14Cl2N2O3S. The third-order valence-electron chi connectivity index (χ3n) is 2.21. The van der Waals surface area contributed by atoms with Crippen LogP contribution in [0.25, 0.3) is 0 Å². The molecule has 0 saturated carbocycles. The molecule has 0 heterocycles. The summed E-state index contributed by atoms with van der Waals surface area (Å²) in [4.78, 5) is 11.7. The van der Waals surface area contributed by atoms with Crippen LogP contribution in [-0.2, 0) is 14.8 Å². The van der Waals surface area contributed by atoms with Crippen molar-refractivity contribution in [2.75, 3.05) is 22.2 Å². The molecule has 0 aliphatic carbocycles. The van der Waals surface area contributed by atoms with Crippen LogP contribution in [0.1, 0.15) is 6.92 Å². The average molecular weight is 325 g/mol. The maximum Gasteiger partial charge on any atom is 0.229 e. The van der Waals surface area contributed by atoms with Crippen LogP contribution in [-0.4, -0.2) is 26.5 Å². The second-order valence-corrected chi connectivity index (χ2v) is 6.58. The van der Waals surface area contributed by atoms with E-state index < -0.39 is 10.0 Å². The minimum Gasteiger partial charge on any atom is -0.324 e. The van der Waals surface area contributed by atoms with Gasteiger partial charge in [-0.1, -0.05) is 18.5 Å². The van der Waals surface area contributed by atoms with Gasteiger partial charge in [-0.2, -0.15) is 0 Å². The fraction of sp³-hybridized carbons (Fsp3) is 0.364. The third-order valence-corrected chi connectivity index (χ3v) is 3.61. The highest BCUT2D eigenvalue weighted by atomic mass is 35.5. The smallest absolute Gasteiger partial charge is 0.229 e. The Morgan fingerprint density at radius 2 is 2.05 bits per heavy atom. The van der Waals surface area contributed by atoms with Gasteiger partial charge in [-0.05, 0) is 18.2 Å². The lowest BCUT2D eigenvalue weighted by Gasteiger charge is -2.12. The summed E-state index contributed by atoms with van der Waals surface area (Å²) in [5.41, 5.74) is 0.651. The van der Waals surface area contributed by atoms with Crippen LogP contribution < -0.4 is 10.0 Å². The molecule has 0 fully saturated rings. The molecule has 0 aromatic heterocycles. The number of amides is 1. The maximum absolute atomic E-state index is 11.7. The summed E-state index contributed by atoms with van der Waals surface area (Å²) < 4.78 is 24.6. The Morgan fingerprint density at radius 3 is 2.58 bits per heavy atom. The van der Waals surface area contributed by atoms with Crippen LogP contribution in [0.3, 0.4) is 0 Å². The van der Waals surface area contributed by atoms with E-state index in [1.54, 1.807) is 6.92 Å². The van der Waals surface area contributed by atoms with Crippen LogP contribution in [0.5, 0.6) is 0 Å². The summed E-state index contributed by atoms with van der Waals surface area (Å²) in [5, 5.41) is 2.91. The van der Waals surface area contributed by atoms with Crippen LogP contribution in [0, 0.1) is 5.92 Å². The molecule has 1 atom stereocenters. The normalized spacial score (nSPS) is 12.8. The second-order valence-electron chi connectivity index (χ2n) is 4.11. The Labute approximate surface area is 122 Å². The van der Waals surface area contributed by atoms with E-state index in [-0.39, 0.29) is 17.7 Å². The van der Waals surface area contributed by atoms with Crippen molar-refractivity contribution in [3.63, 3.8) is 0 Å². The number of carbonyl (C=O) groups is 1. The maximum atomic E-state index is 11.7. The molecule has 0 spiro atoms. The lowest BCUT2D eigenvalue weighted by atomic mass is 10.2. The quantitative estimate of drug-likeness (QED) is 0.817. The number of alkyl halides is 1. The number of rotatable bonds is 5. The summed E-state index contributed by atoms with van der Waals surface area (Å²) in [6, 6.07) is 4.45. The molecular weight excluding hydrogens is 311 g/mol.